The van der Waals surface area contributed by atoms with Crippen molar-refractivity contribution in [3.05, 3.63) is 65.9 Å². The lowest BCUT2D eigenvalue weighted by atomic mass is 10.2. The highest BCUT2D eigenvalue weighted by Gasteiger charge is 2.24. The van der Waals surface area contributed by atoms with E-state index < -0.39 is 43.5 Å². The van der Waals surface area contributed by atoms with Crippen molar-refractivity contribution in [1.29, 1.82) is 0 Å². The molecule has 0 saturated carbocycles. The van der Waals surface area contributed by atoms with Gasteiger partial charge in [-0.1, -0.05) is 24.3 Å². The van der Waals surface area contributed by atoms with Gasteiger partial charge in [-0.15, -0.1) is 0 Å². The predicted octanol–water partition coefficient (Wildman–Crippen LogP) is 2.23. The summed E-state index contributed by atoms with van der Waals surface area (Å²) >= 11 is -2.75. The molecule has 2 aromatic carbocycles. The quantitative estimate of drug-likeness (QED) is 0.784. The van der Waals surface area contributed by atoms with Crippen LogP contribution in [0.15, 0.2) is 53.6 Å². The molecule has 0 aliphatic carbocycles. The normalized spacial score (nSPS) is 13.2. The number of halogens is 2. The monoisotopic (exact) mass is 374 g/mol. The van der Waals surface area contributed by atoms with Gasteiger partial charge in [0.15, 0.2) is 0 Å². The third kappa shape index (κ3) is 4.03. The van der Waals surface area contributed by atoms with E-state index >= 15 is 0 Å². The Morgan fingerprint density at radius 2 is 1.71 bits per heavy atom. The van der Waals surface area contributed by atoms with Gasteiger partial charge in [0, 0.05) is 11.8 Å². The fraction of sp³-hybridized carbons (Fsp3) is 0. The van der Waals surface area contributed by atoms with Crippen molar-refractivity contribution in [3.8, 4) is 0 Å². The smallest absolute Gasteiger partial charge is 0.266 e. The molecule has 0 aliphatic rings. The molecule has 0 saturated heterocycles. The van der Waals surface area contributed by atoms with E-state index in [1.165, 1.54) is 18.2 Å². The van der Waals surface area contributed by atoms with Gasteiger partial charge >= 0.3 is 0 Å². The van der Waals surface area contributed by atoms with Crippen LogP contribution in [0.2, 0.25) is 0 Å². The minimum Gasteiger partial charge on any atom is -0.289 e. The van der Waals surface area contributed by atoms with Gasteiger partial charge in [-0.3, -0.25) is 4.55 Å². The Morgan fingerprint density at radius 3 is 2.29 bits per heavy atom. The van der Waals surface area contributed by atoms with Crippen LogP contribution in [0.4, 0.5) is 14.5 Å². The van der Waals surface area contributed by atoms with Crippen LogP contribution >= 0.6 is 0 Å². The van der Waals surface area contributed by atoms with Crippen LogP contribution in [0, 0.1) is 11.6 Å². The maximum Gasteiger partial charge on any atom is 0.266 e. The molecule has 0 amide bonds. The zero-order chi connectivity index (χ0) is 17.9. The summed E-state index contributed by atoms with van der Waals surface area (Å²) in [5.41, 5.74) is -0.368. The highest BCUT2D eigenvalue weighted by atomic mass is 32.2. The number of hydrogen-bond donors (Lipinski definition) is 2. The van der Waals surface area contributed by atoms with Gasteiger partial charge in [-0.25, -0.2) is 30.9 Å². The Hall–Kier alpha value is -2.14. The molecule has 0 radical (unpaired) electrons. The minimum absolute atomic E-state index is 0.0847. The van der Waals surface area contributed by atoms with Gasteiger partial charge in [0.1, 0.15) is 16.5 Å². The predicted molar refractivity (Wildman–Crippen MR) is 86.5 cm³/mol. The first-order valence-electron chi connectivity index (χ1n) is 6.36. The van der Waals surface area contributed by atoms with E-state index in [0.29, 0.717) is 4.31 Å². The van der Waals surface area contributed by atoms with Gasteiger partial charge < -0.3 is 0 Å². The number of benzene rings is 2. The molecule has 10 heteroatoms. The van der Waals surface area contributed by atoms with Crippen LogP contribution in [0.3, 0.4) is 0 Å². The molecule has 1 atom stereocenters. The van der Waals surface area contributed by atoms with Gasteiger partial charge in [-0.2, -0.15) is 0 Å². The summed E-state index contributed by atoms with van der Waals surface area (Å²) in [5.74, 6) is -1.77. The van der Waals surface area contributed by atoms with E-state index in [4.69, 9.17) is 5.14 Å². The SMILES string of the molecule is NS(=O)(=O)c1c(F)cccc1N(C=Cc1ccccc1F)S(=O)O. The second-order valence-corrected chi connectivity index (χ2v) is 6.88. The van der Waals surface area contributed by atoms with Crippen molar-refractivity contribution in [1.82, 2.24) is 0 Å². The Bertz CT molecular complexity index is 917. The molecule has 24 heavy (non-hydrogen) atoms. The summed E-state index contributed by atoms with van der Waals surface area (Å²) in [6.45, 7) is 0. The molecular weight excluding hydrogens is 362 g/mol. The molecule has 1 unspecified atom stereocenters. The van der Waals surface area contributed by atoms with Crippen LogP contribution in [0.25, 0.3) is 6.08 Å². The van der Waals surface area contributed by atoms with E-state index in [-0.39, 0.29) is 5.56 Å². The summed E-state index contributed by atoms with van der Waals surface area (Å²) in [6.07, 6.45) is 2.10. The standard InChI is InChI=1S/C14H12F2N2O4S2/c15-11-5-2-1-4-10(11)8-9-18(23(19)20)13-7-3-6-12(16)14(13)24(17,21)22/h1-9H,(H,19,20)(H2,17,21,22). The first-order chi connectivity index (χ1) is 11.2. The molecule has 0 aliphatic heterocycles. The van der Waals surface area contributed by atoms with Crippen LogP contribution in [0.1, 0.15) is 5.56 Å². The molecule has 0 aromatic heterocycles. The second kappa shape index (κ2) is 7.18. The van der Waals surface area contributed by atoms with Crippen molar-refractivity contribution >= 4 is 33.1 Å². The Kier molecular flexibility index (Phi) is 5.44. The van der Waals surface area contributed by atoms with Gasteiger partial charge in [0.2, 0.25) is 10.0 Å². The van der Waals surface area contributed by atoms with Gasteiger partial charge in [0.25, 0.3) is 11.3 Å². The Labute approximate surface area is 139 Å². The van der Waals surface area contributed by atoms with Crippen molar-refractivity contribution in [2.75, 3.05) is 4.31 Å². The number of hydrogen-bond acceptors (Lipinski definition) is 3. The maximum absolute atomic E-state index is 13.8. The third-order valence-corrected chi connectivity index (χ3v) is 4.56. The van der Waals surface area contributed by atoms with E-state index in [0.717, 1.165) is 30.5 Å². The molecular formula is C14H12F2N2O4S2. The highest BCUT2D eigenvalue weighted by Crippen LogP contribution is 2.28. The van der Waals surface area contributed by atoms with E-state index in [9.17, 15) is 26.0 Å². The third-order valence-electron chi connectivity index (χ3n) is 2.93. The Balaban J connectivity index is 2.57. The number of nitrogens with two attached hydrogens (primary N) is 1. The summed E-state index contributed by atoms with van der Waals surface area (Å²) < 4.78 is 72.1. The van der Waals surface area contributed by atoms with Crippen LogP contribution in [-0.2, 0) is 21.3 Å². The second-order valence-electron chi connectivity index (χ2n) is 4.53. The first-order valence-corrected chi connectivity index (χ1v) is 8.97. The number of primary sulfonamides is 1. The topological polar surface area (TPSA) is 101 Å². The first kappa shape index (κ1) is 18.2. The lowest BCUT2D eigenvalue weighted by Gasteiger charge is -2.18. The van der Waals surface area contributed by atoms with Crippen LogP contribution in [-0.4, -0.2) is 17.2 Å². The summed E-state index contributed by atoms with van der Waals surface area (Å²) in [5, 5.41) is 4.97. The average molecular weight is 374 g/mol. The van der Waals surface area contributed by atoms with Gasteiger partial charge in [0.05, 0.1) is 5.69 Å². The Morgan fingerprint density at radius 1 is 1.08 bits per heavy atom. The van der Waals surface area contributed by atoms with Crippen molar-refractivity contribution in [2.45, 2.75) is 4.90 Å². The molecule has 2 rings (SSSR count). The number of rotatable bonds is 5. The summed E-state index contributed by atoms with van der Waals surface area (Å²) in [7, 11) is -4.50. The molecule has 0 heterocycles. The lowest BCUT2D eigenvalue weighted by molar-refractivity contribution is 0.560. The number of sulfonamides is 1. The molecule has 0 fully saturated rings. The largest absolute Gasteiger partial charge is 0.289 e. The molecule has 3 N–H and O–H groups in total. The summed E-state index contributed by atoms with van der Waals surface area (Å²) in [4.78, 5) is -0.939. The molecule has 128 valence electrons. The molecule has 6 nitrogen and oxygen atoms in total. The van der Waals surface area contributed by atoms with Crippen molar-refractivity contribution in [2.24, 2.45) is 5.14 Å². The average Bonchev–Trinajstić information content (AvgIpc) is 2.47. The molecule has 2 aromatic rings. The van der Waals surface area contributed by atoms with E-state index in [2.05, 4.69) is 0 Å². The minimum atomic E-state index is -4.50. The van der Waals surface area contributed by atoms with Gasteiger partial charge in [-0.05, 0) is 24.3 Å². The fourth-order valence-electron chi connectivity index (χ4n) is 1.93. The fourth-order valence-corrected chi connectivity index (χ4v) is 3.27. The van der Waals surface area contributed by atoms with Crippen LogP contribution < -0.4 is 9.44 Å². The molecule has 0 bridgehead atoms. The van der Waals surface area contributed by atoms with Crippen LogP contribution in [0.5, 0.6) is 0 Å². The number of nitrogens with zero attached hydrogens (tertiary/aromatic N) is 1. The molecule has 0 spiro atoms. The lowest BCUT2D eigenvalue weighted by Crippen LogP contribution is -2.24. The summed E-state index contributed by atoms with van der Waals surface area (Å²) in [6, 6.07) is 8.68. The van der Waals surface area contributed by atoms with E-state index in [1.54, 1.807) is 6.07 Å². The zero-order valence-corrected chi connectivity index (χ0v) is 13.6. The van der Waals surface area contributed by atoms with Crippen molar-refractivity contribution < 1.29 is 26.0 Å². The highest BCUT2D eigenvalue weighted by molar-refractivity contribution is 7.89. The number of anilines is 1. The van der Waals surface area contributed by atoms with E-state index in [1.807, 2.05) is 0 Å². The van der Waals surface area contributed by atoms with Crippen molar-refractivity contribution in [3.63, 3.8) is 0 Å². The zero-order valence-electron chi connectivity index (χ0n) is 12.0. The maximum atomic E-state index is 13.8.